The molecular formula is C18H18F3N5O4. The molecule has 0 unspecified atom stereocenters. The van der Waals surface area contributed by atoms with Crippen molar-refractivity contribution in [2.45, 2.75) is 12.6 Å². The zero-order chi connectivity index (χ0) is 22.3. The van der Waals surface area contributed by atoms with Crippen LogP contribution in [0.25, 0.3) is 23.0 Å². The highest BCUT2D eigenvalue weighted by Crippen LogP contribution is 2.21. The van der Waals surface area contributed by atoms with Gasteiger partial charge in [0.25, 0.3) is 11.4 Å². The number of rotatable bonds is 5. The van der Waals surface area contributed by atoms with E-state index in [1.807, 2.05) is 32.3 Å². The zero-order valence-corrected chi connectivity index (χ0v) is 16.0. The van der Waals surface area contributed by atoms with Crippen molar-refractivity contribution in [3.8, 4) is 23.0 Å². The van der Waals surface area contributed by atoms with Gasteiger partial charge >= 0.3 is 12.1 Å². The van der Waals surface area contributed by atoms with E-state index < -0.39 is 12.1 Å². The number of halogens is 3. The van der Waals surface area contributed by atoms with Crippen molar-refractivity contribution in [3.05, 3.63) is 52.6 Å². The lowest BCUT2D eigenvalue weighted by Gasteiger charge is -2.09. The van der Waals surface area contributed by atoms with E-state index in [0.29, 0.717) is 17.4 Å². The van der Waals surface area contributed by atoms with Crippen LogP contribution in [-0.4, -0.2) is 62.9 Å². The van der Waals surface area contributed by atoms with Crippen LogP contribution >= 0.6 is 0 Å². The molecule has 0 aliphatic rings. The Balaban J connectivity index is 0.000000396. The quantitative estimate of drug-likeness (QED) is 0.638. The minimum absolute atomic E-state index is 0.272. The first-order valence-corrected chi connectivity index (χ1v) is 8.49. The molecule has 0 atom stereocenters. The van der Waals surface area contributed by atoms with Gasteiger partial charge < -0.3 is 19.5 Å². The number of likely N-dealkylation sites (N-methyl/N-ethyl adjacent to an activating group) is 1. The molecule has 2 aromatic heterocycles. The molecule has 2 heterocycles. The predicted octanol–water partition coefficient (Wildman–Crippen LogP) is 2.22. The molecule has 0 fully saturated rings. The van der Waals surface area contributed by atoms with Crippen molar-refractivity contribution in [2.75, 3.05) is 20.6 Å². The number of carbonyl (C=O) groups is 1. The number of aliphatic carboxylic acids is 1. The number of H-pyrrole nitrogens is 1. The van der Waals surface area contributed by atoms with E-state index in [4.69, 9.17) is 14.4 Å². The van der Waals surface area contributed by atoms with Gasteiger partial charge in [-0.3, -0.25) is 4.79 Å². The highest BCUT2D eigenvalue weighted by Gasteiger charge is 2.38. The number of carboxylic acids is 1. The van der Waals surface area contributed by atoms with E-state index in [9.17, 15) is 18.0 Å². The van der Waals surface area contributed by atoms with E-state index in [1.165, 1.54) is 18.0 Å². The van der Waals surface area contributed by atoms with E-state index in [1.54, 1.807) is 0 Å². The summed E-state index contributed by atoms with van der Waals surface area (Å²) < 4.78 is 37.0. The van der Waals surface area contributed by atoms with Crippen LogP contribution < -0.4 is 5.56 Å². The van der Waals surface area contributed by atoms with E-state index in [2.05, 4.69) is 31.1 Å². The number of hydrogen-bond donors (Lipinski definition) is 2. The summed E-state index contributed by atoms with van der Waals surface area (Å²) in [7, 11) is 4.09. The van der Waals surface area contributed by atoms with Crippen molar-refractivity contribution < 1.29 is 27.6 Å². The molecule has 0 saturated carbocycles. The monoisotopic (exact) mass is 425 g/mol. The number of carboxylic acid groups (broad SMARTS) is 1. The standard InChI is InChI=1S/C16H17N5O2.C2HF3O2/c1-21(2)7-6-11-4-3-5-12(8-11)16-19-15(20-23-16)13-9-18-14(22)10-17-13;3-2(4,5)1(6)7/h3-5,8-10H,6-7H2,1-2H3,(H,18,22);(H,6,7). The summed E-state index contributed by atoms with van der Waals surface area (Å²) in [6.45, 7) is 0.972. The maximum absolute atomic E-state index is 11.0. The first kappa shape index (κ1) is 22.7. The first-order valence-electron chi connectivity index (χ1n) is 8.49. The van der Waals surface area contributed by atoms with Crippen molar-refractivity contribution in [1.29, 1.82) is 0 Å². The highest BCUT2D eigenvalue weighted by atomic mass is 19.4. The minimum Gasteiger partial charge on any atom is -0.475 e. The Morgan fingerprint density at radius 2 is 2.00 bits per heavy atom. The molecule has 0 aliphatic carbocycles. The third kappa shape index (κ3) is 6.81. The second kappa shape index (κ2) is 9.78. The van der Waals surface area contributed by atoms with Gasteiger partial charge in [-0.25, -0.2) is 9.78 Å². The maximum atomic E-state index is 11.0. The largest absolute Gasteiger partial charge is 0.490 e. The SMILES string of the molecule is CN(C)CCc1cccc(-c2nc(-c3c[nH]c(=O)cn3)no2)c1.O=C(O)C(F)(F)F. The van der Waals surface area contributed by atoms with Gasteiger partial charge in [0.1, 0.15) is 5.69 Å². The summed E-state index contributed by atoms with van der Waals surface area (Å²) in [6, 6.07) is 8.02. The molecule has 3 rings (SSSR count). The van der Waals surface area contributed by atoms with Crippen LogP contribution in [0, 0.1) is 0 Å². The van der Waals surface area contributed by atoms with Crippen LogP contribution in [0.2, 0.25) is 0 Å². The molecule has 9 nitrogen and oxygen atoms in total. The predicted molar refractivity (Wildman–Crippen MR) is 99.5 cm³/mol. The number of alkyl halides is 3. The Morgan fingerprint density at radius 3 is 2.57 bits per heavy atom. The fraction of sp³-hybridized carbons (Fsp3) is 0.278. The van der Waals surface area contributed by atoms with Crippen molar-refractivity contribution in [1.82, 2.24) is 25.0 Å². The Hall–Kier alpha value is -3.54. The lowest BCUT2D eigenvalue weighted by Crippen LogP contribution is -2.21. The van der Waals surface area contributed by atoms with Gasteiger partial charge in [-0.1, -0.05) is 17.3 Å². The number of aromatic amines is 1. The molecule has 0 amide bonds. The molecule has 3 aromatic rings. The molecule has 2 N–H and O–H groups in total. The van der Waals surface area contributed by atoms with Crippen LogP contribution in [0.4, 0.5) is 13.2 Å². The van der Waals surface area contributed by atoms with Gasteiger partial charge in [0.15, 0.2) is 0 Å². The highest BCUT2D eigenvalue weighted by molar-refractivity contribution is 5.73. The molecule has 0 saturated heterocycles. The molecular weight excluding hydrogens is 407 g/mol. The maximum Gasteiger partial charge on any atom is 0.490 e. The lowest BCUT2D eigenvalue weighted by atomic mass is 10.1. The summed E-state index contributed by atoms with van der Waals surface area (Å²) in [5.41, 5.74) is 2.26. The number of aromatic nitrogens is 4. The van der Waals surface area contributed by atoms with Gasteiger partial charge in [0.2, 0.25) is 5.82 Å². The summed E-state index contributed by atoms with van der Waals surface area (Å²) in [5.74, 6) is -1.98. The molecule has 1 aromatic carbocycles. The first-order chi connectivity index (χ1) is 14.1. The summed E-state index contributed by atoms with van der Waals surface area (Å²) in [5, 5.41) is 11.0. The fourth-order valence-corrected chi connectivity index (χ4v) is 2.12. The molecule has 0 bridgehead atoms. The van der Waals surface area contributed by atoms with Gasteiger partial charge in [-0.05, 0) is 38.2 Å². The third-order valence-electron chi connectivity index (χ3n) is 3.59. The Morgan fingerprint density at radius 1 is 1.30 bits per heavy atom. The topological polar surface area (TPSA) is 125 Å². The Labute approximate surface area is 168 Å². The van der Waals surface area contributed by atoms with Crippen LogP contribution in [0.3, 0.4) is 0 Å². The molecule has 0 aliphatic heterocycles. The van der Waals surface area contributed by atoms with Gasteiger partial charge in [0, 0.05) is 18.3 Å². The molecule has 12 heteroatoms. The zero-order valence-electron chi connectivity index (χ0n) is 16.0. The van der Waals surface area contributed by atoms with Crippen LogP contribution in [-0.2, 0) is 11.2 Å². The van der Waals surface area contributed by atoms with Crippen LogP contribution in [0.15, 0.2) is 46.0 Å². The lowest BCUT2D eigenvalue weighted by molar-refractivity contribution is -0.192. The van der Waals surface area contributed by atoms with Crippen LogP contribution in [0.5, 0.6) is 0 Å². The molecule has 0 radical (unpaired) electrons. The molecule has 160 valence electrons. The van der Waals surface area contributed by atoms with Crippen molar-refractivity contribution >= 4 is 5.97 Å². The van der Waals surface area contributed by atoms with E-state index in [0.717, 1.165) is 18.5 Å². The second-order valence-corrected chi connectivity index (χ2v) is 6.28. The van der Waals surface area contributed by atoms with Crippen LogP contribution in [0.1, 0.15) is 5.56 Å². The fourth-order valence-electron chi connectivity index (χ4n) is 2.12. The van der Waals surface area contributed by atoms with Gasteiger partial charge in [-0.2, -0.15) is 18.2 Å². The average Bonchev–Trinajstić information content (AvgIpc) is 3.17. The summed E-state index contributed by atoms with van der Waals surface area (Å²) in [4.78, 5) is 32.9. The van der Waals surface area contributed by atoms with Gasteiger partial charge in [0.05, 0.1) is 6.20 Å². The molecule has 30 heavy (non-hydrogen) atoms. The smallest absolute Gasteiger partial charge is 0.475 e. The van der Waals surface area contributed by atoms with Crippen molar-refractivity contribution in [3.63, 3.8) is 0 Å². The third-order valence-corrected chi connectivity index (χ3v) is 3.59. The molecule has 0 spiro atoms. The van der Waals surface area contributed by atoms with E-state index >= 15 is 0 Å². The normalized spacial score (nSPS) is 11.1. The summed E-state index contributed by atoms with van der Waals surface area (Å²) in [6.07, 6.45) is -1.49. The second-order valence-electron chi connectivity index (χ2n) is 6.28. The average molecular weight is 425 g/mol. The Bertz CT molecular complexity index is 1030. The number of nitrogens with zero attached hydrogens (tertiary/aromatic N) is 4. The minimum atomic E-state index is -5.08. The number of hydrogen-bond acceptors (Lipinski definition) is 7. The number of benzene rings is 1. The summed E-state index contributed by atoms with van der Waals surface area (Å²) >= 11 is 0. The number of nitrogens with one attached hydrogen (secondary N) is 1. The van der Waals surface area contributed by atoms with Gasteiger partial charge in [-0.15, -0.1) is 0 Å². The van der Waals surface area contributed by atoms with E-state index in [-0.39, 0.29) is 5.56 Å². The van der Waals surface area contributed by atoms with Crippen molar-refractivity contribution in [2.24, 2.45) is 0 Å². The Kier molecular flexibility index (Phi) is 7.42.